The number of nitrogens with one attached hydrogen (secondary N) is 1. The molecule has 1 aromatic rings. The van der Waals surface area contributed by atoms with E-state index in [0.717, 1.165) is 5.69 Å². The van der Waals surface area contributed by atoms with E-state index in [0.29, 0.717) is 12.4 Å². The van der Waals surface area contributed by atoms with Gasteiger partial charge < -0.3 is 15.1 Å². The van der Waals surface area contributed by atoms with Gasteiger partial charge in [0.25, 0.3) is 0 Å². The summed E-state index contributed by atoms with van der Waals surface area (Å²) in [7, 11) is 3.35. The van der Waals surface area contributed by atoms with Crippen LogP contribution in [0.4, 0.5) is 10.6 Å². The van der Waals surface area contributed by atoms with Crippen molar-refractivity contribution in [2.24, 2.45) is 0 Å². The van der Waals surface area contributed by atoms with E-state index in [1.165, 1.54) is 9.80 Å². The number of nitrogens with zero attached hydrogens (tertiary/aromatic N) is 4. The van der Waals surface area contributed by atoms with E-state index in [9.17, 15) is 9.59 Å². The van der Waals surface area contributed by atoms with Crippen molar-refractivity contribution in [1.29, 1.82) is 0 Å². The highest BCUT2D eigenvalue weighted by molar-refractivity contribution is 5.93. The molecule has 0 aliphatic rings. The molecule has 7 heteroatoms. The van der Waals surface area contributed by atoms with Crippen molar-refractivity contribution in [3.63, 3.8) is 0 Å². The number of rotatable bonds is 4. The molecule has 0 spiro atoms. The summed E-state index contributed by atoms with van der Waals surface area (Å²) >= 11 is 0. The first-order valence-corrected chi connectivity index (χ1v) is 8.64. The van der Waals surface area contributed by atoms with Crippen LogP contribution in [0.1, 0.15) is 54.2 Å². The summed E-state index contributed by atoms with van der Waals surface area (Å²) in [6.07, 6.45) is 0. The average Bonchev–Trinajstić information content (AvgIpc) is 2.87. The Morgan fingerprint density at radius 1 is 1.16 bits per heavy atom. The molecule has 3 amide bonds. The Morgan fingerprint density at radius 2 is 1.72 bits per heavy atom. The minimum absolute atomic E-state index is 0.00763. The molecule has 0 saturated heterocycles. The monoisotopic (exact) mass is 351 g/mol. The molecular weight excluding hydrogens is 318 g/mol. The largest absolute Gasteiger partial charge is 0.331 e. The Bertz CT molecular complexity index is 620. The van der Waals surface area contributed by atoms with Gasteiger partial charge in [-0.3, -0.25) is 4.79 Å². The van der Waals surface area contributed by atoms with Gasteiger partial charge in [0.15, 0.2) is 0 Å². The van der Waals surface area contributed by atoms with Gasteiger partial charge in [0.1, 0.15) is 12.4 Å². The van der Waals surface area contributed by atoms with Crippen LogP contribution in [0.15, 0.2) is 6.07 Å². The normalized spacial score (nSPS) is 12.0. The van der Waals surface area contributed by atoms with Crippen LogP contribution in [0.5, 0.6) is 0 Å². The van der Waals surface area contributed by atoms with Gasteiger partial charge in [-0.05, 0) is 27.7 Å². The number of carbonyl (C=O) groups excluding carboxylic acids is 2. The fraction of sp³-hybridized carbons (Fsp3) is 0.722. The molecule has 7 nitrogen and oxygen atoms in total. The highest BCUT2D eigenvalue weighted by Crippen LogP contribution is 2.28. The fourth-order valence-electron chi connectivity index (χ4n) is 2.30. The van der Waals surface area contributed by atoms with E-state index in [1.54, 1.807) is 14.1 Å². The molecule has 0 aliphatic carbocycles. The molecule has 0 aliphatic heterocycles. The summed E-state index contributed by atoms with van der Waals surface area (Å²) in [4.78, 5) is 27.5. The van der Waals surface area contributed by atoms with Gasteiger partial charge in [-0.2, -0.15) is 5.10 Å². The fourth-order valence-corrected chi connectivity index (χ4v) is 2.30. The lowest BCUT2D eigenvalue weighted by molar-refractivity contribution is -0.116. The maximum Gasteiger partial charge on any atom is 0.319 e. The number of aromatic nitrogens is 2. The molecule has 0 fully saturated rings. The highest BCUT2D eigenvalue weighted by Gasteiger charge is 2.26. The van der Waals surface area contributed by atoms with E-state index in [2.05, 4.69) is 31.2 Å². The van der Waals surface area contributed by atoms with E-state index < -0.39 is 0 Å². The maximum atomic E-state index is 12.5. The van der Waals surface area contributed by atoms with Gasteiger partial charge in [0.2, 0.25) is 5.91 Å². The van der Waals surface area contributed by atoms with Crippen LogP contribution in [0.25, 0.3) is 0 Å². The lowest BCUT2D eigenvalue weighted by Crippen LogP contribution is -2.43. The molecule has 1 aromatic heterocycles. The number of amides is 3. The third-order valence-corrected chi connectivity index (χ3v) is 3.75. The molecule has 0 radical (unpaired) electrons. The van der Waals surface area contributed by atoms with E-state index in [-0.39, 0.29) is 29.4 Å². The van der Waals surface area contributed by atoms with Crippen molar-refractivity contribution in [2.45, 2.75) is 59.4 Å². The van der Waals surface area contributed by atoms with Crippen molar-refractivity contribution in [2.75, 3.05) is 32.5 Å². The van der Waals surface area contributed by atoms with Gasteiger partial charge in [-0.1, -0.05) is 20.8 Å². The molecule has 0 bridgehead atoms. The summed E-state index contributed by atoms with van der Waals surface area (Å²) in [5.41, 5.74) is 0.525. The Hall–Kier alpha value is -2.05. The predicted molar refractivity (Wildman–Crippen MR) is 101 cm³/mol. The number of urea groups is 1. The summed E-state index contributed by atoms with van der Waals surface area (Å²) < 4.78 is 1.83. The van der Waals surface area contributed by atoms with Gasteiger partial charge in [0, 0.05) is 32.1 Å². The second-order valence-corrected chi connectivity index (χ2v) is 8.49. The first-order chi connectivity index (χ1) is 11.3. The highest BCUT2D eigenvalue weighted by atomic mass is 16.2. The number of hydrogen-bond acceptors (Lipinski definition) is 3. The van der Waals surface area contributed by atoms with Crippen molar-refractivity contribution >= 4 is 17.8 Å². The van der Waals surface area contributed by atoms with Crippen LogP contribution in [0.3, 0.4) is 0 Å². The Labute approximate surface area is 151 Å². The molecule has 0 aromatic carbocycles. The third kappa shape index (κ3) is 5.47. The van der Waals surface area contributed by atoms with Crippen molar-refractivity contribution in [1.82, 2.24) is 19.6 Å². The van der Waals surface area contributed by atoms with Crippen LogP contribution in [0, 0.1) is 0 Å². The van der Waals surface area contributed by atoms with Gasteiger partial charge in [-0.15, -0.1) is 0 Å². The summed E-state index contributed by atoms with van der Waals surface area (Å²) in [6.45, 7) is 14.7. The minimum atomic E-state index is -0.268. The molecule has 142 valence electrons. The van der Waals surface area contributed by atoms with Crippen LogP contribution in [-0.4, -0.2) is 58.7 Å². The standard InChI is InChI=1S/C18H33N5O2/c1-10-22(16(25)21(8)9)12-15(24)19-14-11-13(17(2,3)4)20-23(14)18(5,6)7/h11H,10,12H2,1-9H3,(H,19,24). The van der Waals surface area contributed by atoms with Gasteiger partial charge >= 0.3 is 6.03 Å². The van der Waals surface area contributed by atoms with E-state index >= 15 is 0 Å². The van der Waals surface area contributed by atoms with Crippen molar-refractivity contribution in [3.8, 4) is 0 Å². The summed E-state index contributed by atoms with van der Waals surface area (Å²) in [5, 5.41) is 7.60. The maximum absolute atomic E-state index is 12.5. The molecule has 0 unspecified atom stereocenters. The van der Waals surface area contributed by atoms with E-state index in [1.807, 2.05) is 38.4 Å². The Kier molecular flexibility index (Phi) is 6.26. The zero-order valence-electron chi connectivity index (χ0n) is 17.1. The topological polar surface area (TPSA) is 70.5 Å². The van der Waals surface area contributed by atoms with Crippen molar-refractivity contribution in [3.05, 3.63) is 11.8 Å². The molecule has 0 saturated carbocycles. The lowest BCUT2D eigenvalue weighted by Gasteiger charge is -2.25. The number of anilines is 1. The van der Waals surface area contributed by atoms with E-state index in [4.69, 9.17) is 0 Å². The Morgan fingerprint density at radius 3 is 2.12 bits per heavy atom. The molecule has 1 rings (SSSR count). The predicted octanol–water partition coefficient (Wildman–Crippen LogP) is 2.88. The zero-order chi connectivity index (χ0) is 19.6. The lowest BCUT2D eigenvalue weighted by atomic mass is 9.92. The zero-order valence-corrected chi connectivity index (χ0v) is 17.1. The minimum Gasteiger partial charge on any atom is -0.331 e. The number of likely N-dealkylation sites (N-methyl/N-ethyl adjacent to an activating group) is 1. The molecule has 1 heterocycles. The second kappa shape index (κ2) is 7.45. The first kappa shape index (κ1) is 21.0. The average molecular weight is 351 g/mol. The van der Waals surface area contributed by atoms with Crippen LogP contribution in [0.2, 0.25) is 0 Å². The summed E-state index contributed by atoms with van der Waals surface area (Å²) in [6, 6.07) is 1.73. The smallest absolute Gasteiger partial charge is 0.319 e. The van der Waals surface area contributed by atoms with Gasteiger partial charge in [0.05, 0.1) is 11.2 Å². The van der Waals surface area contributed by atoms with Crippen LogP contribution >= 0.6 is 0 Å². The second-order valence-electron chi connectivity index (χ2n) is 8.49. The van der Waals surface area contributed by atoms with Crippen molar-refractivity contribution < 1.29 is 9.59 Å². The summed E-state index contributed by atoms with van der Waals surface area (Å²) in [5.74, 6) is 0.415. The van der Waals surface area contributed by atoms with Crippen LogP contribution in [-0.2, 0) is 15.7 Å². The molecule has 1 N–H and O–H groups in total. The van der Waals surface area contributed by atoms with Crippen LogP contribution < -0.4 is 5.32 Å². The molecular formula is C18H33N5O2. The molecule has 25 heavy (non-hydrogen) atoms. The number of carbonyl (C=O) groups is 2. The Balaban J connectivity index is 3.03. The first-order valence-electron chi connectivity index (χ1n) is 8.64. The number of hydrogen-bond donors (Lipinski definition) is 1. The molecule has 0 atom stereocenters. The SMILES string of the molecule is CCN(CC(=O)Nc1cc(C(C)(C)C)nn1C(C)(C)C)C(=O)N(C)C. The quantitative estimate of drug-likeness (QED) is 0.907. The third-order valence-electron chi connectivity index (χ3n) is 3.75. The van der Waals surface area contributed by atoms with Gasteiger partial charge in [-0.25, -0.2) is 9.48 Å².